The van der Waals surface area contributed by atoms with E-state index < -0.39 is 0 Å². The largest absolute Gasteiger partial charge is 0.311 e. The van der Waals surface area contributed by atoms with Gasteiger partial charge >= 0.3 is 0 Å². The van der Waals surface area contributed by atoms with Crippen LogP contribution in [0.4, 0.5) is 0 Å². The van der Waals surface area contributed by atoms with Crippen LogP contribution >= 0.6 is 24.8 Å². The van der Waals surface area contributed by atoms with Crippen molar-refractivity contribution in [1.29, 1.82) is 0 Å². The quantitative estimate of drug-likeness (QED) is 0.802. The molecule has 0 radical (unpaired) electrons. The fourth-order valence-electron chi connectivity index (χ4n) is 3.93. The van der Waals surface area contributed by atoms with E-state index in [9.17, 15) is 4.79 Å². The van der Waals surface area contributed by atoms with Gasteiger partial charge in [-0.25, -0.2) is 4.98 Å². The van der Waals surface area contributed by atoms with Gasteiger partial charge in [0.15, 0.2) is 0 Å². The van der Waals surface area contributed by atoms with Gasteiger partial charge in [-0.3, -0.25) is 14.4 Å². The molecule has 2 aromatic heterocycles. The number of rotatable bonds is 3. The zero-order chi connectivity index (χ0) is 17.2. The number of likely N-dealkylation sites (tertiary alicyclic amines) is 1. The number of nitrogens with zero attached hydrogens (tertiary/aromatic N) is 4. The molecule has 0 unspecified atom stereocenters. The highest BCUT2D eigenvalue weighted by Gasteiger charge is 2.23. The molecule has 1 fully saturated rings. The maximum atomic E-state index is 11.7. The highest BCUT2D eigenvalue weighted by molar-refractivity contribution is 5.85. The Kier molecular flexibility index (Phi) is 7.85. The Morgan fingerprint density at radius 2 is 1.96 bits per heavy atom. The van der Waals surface area contributed by atoms with Crippen LogP contribution in [0.25, 0.3) is 0 Å². The minimum atomic E-state index is -0.0435. The first-order valence-corrected chi connectivity index (χ1v) is 9.24. The molecule has 9 heteroatoms. The molecular weight excluding hydrogens is 387 g/mol. The van der Waals surface area contributed by atoms with Gasteiger partial charge in [-0.15, -0.1) is 24.8 Å². The molecule has 2 aromatic rings. The van der Waals surface area contributed by atoms with E-state index in [2.05, 4.69) is 30.9 Å². The van der Waals surface area contributed by atoms with Gasteiger partial charge in [0, 0.05) is 31.6 Å². The number of aryl methyl sites for hydroxylation is 2. The highest BCUT2D eigenvalue weighted by atomic mass is 35.5. The van der Waals surface area contributed by atoms with E-state index in [-0.39, 0.29) is 30.4 Å². The van der Waals surface area contributed by atoms with Crippen molar-refractivity contribution in [3.63, 3.8) is 0 Å². The van der Waals surface area contributed by atoms with Gasteiger partial charge in [0.25, 0.3) is 5.56 Å². The average Bonchev–Trinajstić information content (AvgIpc) is 2.83. The second-order valence-corrected chi connectivity index (χ2v) is 7.19. The average molecular weight is 415 g/mol. The predicted octanol–water partition coefficient (Wildman–Crippen LogP) is 1.99. The summed E-state index contributed by atoms with van der Waals surface area (Å²) in [4.78, 5) is 21.4. The summed E-state index contributed by atoms with van der Waals surface area (Å²) in [6, 6.07) is 3.90. The van der Waals surface area contributed by atoms with E-state index in [0.717, 1.165) is 64.2 Å². The van der Waals surface area contributed by atoms with Crippen molar-refractivity contribution in [2.45, 2.75) is 51.7 Å². The molecule has 0 saturated carbocycles. The molecule has 1 saturated heterocycles. The fraction of sp³-hybridized carbons (Fsp3) is 0.611. The molecule has 4 heterocycles. The van der Waals surface area contributed by atoms with Crippen molar-refractivity contribution in [2.24, 2.45) is 0 Å². The number of piperidine rings is 1. The van der Waals surface area contributed by atoms with Gasteiger partial charge in [-0.05, 0) is 51.9 Å². The number of fused-ring (bicyclic) bond motifs is 1. The lowest BCUT2D eigenvalue weighted by Crippen LogP contribution is -2.33. The van der Waals surface area contributed by atoms with E-state index in [1.807, 2.05) is 6.92 Å². The second-order valence-electron chi connectivity index (χ2n) is 7.19. The summed E-state index contributed by atoms with van der Waals surface area (Å²) in [5, 5.41) is 8.23. The summed E-state index contributed by atoms with van der Waals surface area (Å²) in [5.74, 6) is 1.10. The Bertz CT molecular complexity index is 774. The van der Waals surface area contributed by atoms with Crippen molar-refractivity contribution in [3.05, 3.63) is 45.4 Å². The van der Waals surface area contributed by atoms with Crippen LogP contribution in [-0.4, -0.2) is 44.3 Å². The van der Waals surface area contributed by atoms with Crippen LogP contribution in [0.15, 0.2) is 16.9 Å². The Labute approximate surface area is 171 Å². The molecule has 0 aromatic carbocycles. The molecule has 2 aliphatic rings. The van der Waals surface area contributed by atoms with Gasteiger partial charge in [-0.2, -0.15) is 5.10 Å². The standard InChI is InChI=1S/C18H26N6O.2ClH/c1-13-20-17(10-18(25)21-13)14-3-7-23(8-4-14)12-15-9-16-11-19-5-2-6-24(16)22-15;;/h9-10,14,19H,2-8,11-12H2,1H3,(H,20,21,25);2*1H. The Morgan fingerprint density at radius 1 is 1.19 bits per heavy atom. The minimum absolute atomic E-state index is 0. The summed E-state index contributed by atoms with van der Waals surface area (Å²) >= 11 is 0. The van der Waals surface area contributed by atoms with Crippen LogP contribution in [0.3, 0.4) is 0 Å². The van der Waals surface area contributed by atoms with Crippen LogP contribution in [0.2, 0.25) is 0 Å². The molecule has 27 heavy (non-hydrogen) atoms. The van der Waals surface area contributed by atoms with Crippen molar-refractivity contribution in [3.8, 4) is 0 Å². The van der Waals surface area contributed by atoms with Gasteiger partial charge in [-0.1, -0.05) is 0 Å². The molecule has 0 aliphatic carbocycles. The third kappa shape index (κ3) is 5.31. The molecular formula is C18H28Cl2N6O. The van der Waals surface area contributed by atoms with Crippen LogP contribution in [0.5, 0.6) is 0 Å². The third-order valence-electron chi connectivity index (χ3n) is 5.21. The lowest BCUT2D eigenvalue weighted by Gasteiger charge is -2.31. The second kappa shape index (κ2) is 9.68. The normalized spacial score (nSPS) is 18.1. The smallest absolute Gasteiger partial charge is 0.251 e. The lowest BCUT2D eigenvalue weighted by molar-refractivity contribution is 0.200. The van der Waals surface area contributed by atoms with Crippen LogP contribution in [0.1, 0.15) is 48.1 Å². The van der Waals surface area contributed by atoms with E-state index in [1.54, 1.807) is 6.07 Å². The summed E-state index contributed by atoms with van der Waals surface area (Å²) in [7, 11) is 0. The van der Waals surface area contributed by atoms with Crippen LogP contribution in [-0.2, 0) is 19.6 Å². The molecule has 0 spiro atoms. The van der Waals surface area contributed by atoms with Crippen molar-refractivity contribution in [1.82, 2.24) is 30.0 Å². The molecule has 7 nitrogen and oxygen atoms in total. The molecule has 2 N–H and O–H groups in total. The number of aromatic amines is 1. The molecule has 4 rings (SSSR count). The van der Waals surface area contributed by atoms with Gasteiger partial charge in [0.2, 0.25) is 0 Å². The van der Waals surface area contributed by atoms with Crippen LogP contribution < -0.4 is 10.9 Å². The van der Waals surface area contributed by atoms with Crippen molar-refractivity contribution >= 4 is 24.8 Å². The van der Waals surface area contributed by atoms with E-state index in [1.165, 1.54) is 11.4 Å². The number of aromatic nitrogens is 4. The Morgan fingerprint density at radius 3 is 2.70 bits per heavy atom. The van der Waals surface area contributed by atoms with E-state index in [4.69, 9.17) is 5.10 Å². The van der Waals surface area contributed by atoms with Crippen LogP contribution in [0, 0.1) is 6.92 Å². The summed E-state index contributed by atoms with van der Waals surface area (Å²) < 4.78 is 2.16. The van der Waals surface area contributed by atoms with Crippen molar-refractivity contribution in [2.75, 3.05) is 19.6 Å². The predicted molar refractivity (Wildman–Crippen MR) is 110 cm³/mol. The first-order valence-electron chi connectivity index (χ1n) is 9.24. The highest BCUT2D eigenvalue weighted by Crippen LogP contribution is 2.26. The van der Waals surface area contributed by atoms with Gasteiger partial charge in [0.1, 0.15) is 5.82 Å². The Hall–Kier alpha value is -1.41. The van der Waals surface area contributed by atoms with Gasteiger partial charge in [0.05, 0.1) is 17.1 Å². The third-order valence-corrected chi connectivity index (χ3v) is 5.21. The maximum absolute atomic E-state index is 11.7. The molecule has 0 bridgehead atoms. The number of hydrogen-bond acceptors (Lipinski definition) is 5. The zero-order valence-corrected chi connectivity index (χ0v) is 17.2. The monoisotopic (exact) mass is 414 g/mol. The number of H-pyrrole nitrogens is 1. The maximum Gasteiger partial charge on any atom is 0.251 e. The molecule has 2 aliphatic heterocycles. The first kappa shape index (κ1) is 21.9. The van der Waals surface area contributed by atoms with E-state index >= 15 is 0 Å². The molecule has 0 atom stereocenters. The number of nitrogens with one attached hydrogen (secondary N) is 2. The fourth-order valence-corrected chi connectivity index (χ4v) is 3.93. The molecule has 0 amide bonds. The topological polar surface area (TPSA) is 78.8 Å². The lowest BCUT2D eigenvalue weighted by atomic mass is 9.93. The van der Waals surface area contributed by atoms with E-state index in [0.29, 0.717) is 11.7 Å². The summed E-state index contributed by atoms with van der Waals surface area (Å²) in [5.41, 5.74) is 3.37. The van der Waals surface area contributed by atoms with Crippen molar-refractivity contribution < 1.29 is 0 Å². The summed E-state index contributed by atoms with van der Waals surface area (Å²) in [6.07, 6.45) is 3.23. The number of halogens is 2. The minimum Gasteiger partial charge on any atom is -0.311 e. The zero-order valence-electron chi connectivity index (χ0n) is 15.6. The number of hydrogen-bond donors (Lipinski definition) is 2. The first-order chi connectivity index (χ1) is 12.2. The molecule has 150 valence electrons. The van der Waals surface area contributed by atoms with Gasteiger partial charge < -0.3 is 10.3 Å². The summed E-state index contributed by atoms with van der Waals surface area (Å²) in [6.45, 7) is 7.81. The Balaban J connectivity index is 0.00000131. The SMILES string of the molecule is Cc1nc(C2CCN(Cc3cc4n(n3)CCCNC4)CC2)cc(=O)[nH]1.Cl.Cl.